The highest BCUT2D eigenvalue weighted by molar-refractivity contribution is 8.00. The zero-order valence-corrected chi connectivity index (χ0v) is 14.2. The van der Waals surface area contributed by atoms with Gasteiger partial charge in [0.15, 0.2) is 0 Å². The van der Waals surface area contributed by atoms with Crippen LogP contribution in [0.15, 0.2) is 53.4 Å². The first-order chi connectivity index (χ1) is 11.6. The monoisotopic (exact) mass is 346 g/mol. The summed E-state index contributed by atoms with van der Waals surface area (Å²) in [6.07, 6.45) is 1.26. The molecule has 0 unspecified atom stereocenters. The standard InChI is InChI=1S/C18H19FN2O2S/c1-2-6-17(22)20-13-7-5-8-14(11-13)24-12-18(23)21-16-10-4-3-9-15(16)19/h3-5,7-11H,2,6,12H2,1H3,(H,20,22)(H,21,23). The topological polar surface area (TPSA) is 58.2 Å². The van der Waals surface area contributed by atoms with Gasteiger partial charge in [0.1, 0.15) is 5.82 Å². The molecule has 0 spiro atoms. The lowest BCUT2D eigenvalue weighted by atomic mass is 10.3. The van der Waals surface area contributed by atoms with E-state index in [0.717, 1.165) is 11.3 Å². The number of para-hydroxylation sites is 1. The first-order valence-corrected chi connectivity index (χ1v) is 8.64. The zero-order chi connectivity index (χ0) is 17.4. The molecule has 6 heteroatoms. The Labute approximate surface area is 144 Å². The Hall–Kier alpha value is -2.34. The van der Waals surface area contributed by atoms with E-state index in [2.05, 4.69) is 10.6 Å². The van der Waals surface area contributed by atoms with E-state index in [1.54, 1.807) is 18.2 Å². The number of thioether (sulfide) groups is 1. The Bertz CT molecular complexity index is 722. The second-order valence-electron chi connectivity index (χ2n) is 5.14. The molecule has 0 aliphatic heterocycles. The van der Waals surface area contributed by atoms with Gasteiger partial charge in [0, 0.05) is 17.0 Å². The maximum atomic E-state index is 13.5. The van der Waals surface area contributed by atoms with Gasteiger partial charge in [-0.15, -0.1) is 11.8 Å². The van der Waals surface area contributed by atoms with Gasteiger partial charge in [-0.25, -0.2) is 4.39 Å². The van der Waals surface area contributed by atoms with Gasteiger partial charge in [0.2, 0.25) is 11.8 Å². The Balaban J connectivity index is 1.88. The van der Waals surface area contributed by atoms with Gasteiger partial charge >= 0.3 is 0 Å². The summed E-state index contributed by atoms with van der Waals surface area (Å²) in [6.45, 7) is 1.94. The summed E-state index contributed by atoms with van der Waals surface area (Å²) in [7, 11) is 0. The van der Waals surface area contributed by atoms with E-state index in [0.29, 0.717) is 12.1 Å². The molecule has 0 radical (unpaired) electrons. The van der Waals surface area contributed by atoms with Crippen molar-refractivity contribution in [2.45, 2.75) is 24.7 Å². The van der Waals surface area contributed by atoms with Gasteiger partial charge in [0.05, 0.1) is 11.4 Å². The zero-order valence-electron chi connectivity index (χ0n) is 13.3. The summed E-state index contributed by atoms with van der Waals surface area (Å²) in [5, 5.41) is 5.36. The second kappa shape index (κ2) is 9.08. The average Bonchev–Trinajstić information content (AvgIpc) is 2.56. The van der Waals surface area contributed by atoms with Crippen LogP contribution in [0, 0.1) is 5.82 Å². The number of hydrogen-bond donors (Lipinski definition) is 2. The molecule has 4 nitrogen and oxygen atoms in total. The van der Waals surface area contributed by atoms with Crippen LogP contribution in [0.5, 0.6) is 0 Å². The third-order valence-electron chi connectivity index (χ3n) is 3.11. The number of rotatable bonds is 7. The molecule has 0 aliphatic rings. The highest BCUT2D eigenvalue weighted by Crippen LogP contribution is 2.22. The summed E-state index contributed by atoms with van der Waals surface area (Å²) >= 11 is 1.32. The molecule has 0 fully saturated rings. The Morgan fingerprint density at radius 1 is 1.04 bits per heavy atom. The molecular formula is C18H19FN2O2S. The van der Waals surface area contributed by atoms with Crippen LogP contribution in [0.4, 0.5) is 15.8 Å². The number of hydrogen-bond acceptors (Lipinski definition) is 3. The molecule has 2 aromatic rings. The van der Waals surface area contributed by atoms with Crippen molar-refractivity contribution < 1.29 is 14.0 Å². The van der Waals surface area contributed by atoms with Crippen LogP contribution in [0.1, 0.15) is 19.8 Å². The molecule has 0 aliphatic carbocycles. The molecule has 0 heterocycles. The molecular weight excluding hydrogens is 327 g/mol. The number of anilines is 2. The molecule has 0 saturated heterocycles. The largest absolute Gasteiger partial charge is 0.326 e. The quantitative estimate of drug-likeness (QED) is 0.735. The first kappa shape index (κ1) is 18.0. The number of carbonyl (C=O) groups is 2. The third kappa shape index (κ3) is 5.70. The van der Waals surface area contributed by atoms with Crippen molar-refractivity contribution in [3.05, 3.63) is 54.3 Å². The van der Waals surface area contributed by atoms with Crippen molar-refractivity contribution in [2.75, 3.05) is 16.4 Å². The van der Waals surface area contributed by atoms with Crippen molar-refractivity contribution in [3.8, 4) is 0 Å². The third-order valence-corrected chi connectivity index (χ3v) is 4.11. The molecule has 2 amide bonds. The molecule has 126 valence electrons. The predicted octanol–water partition coefficient (Wildman–Crippen LogP) is 4.30. The molecule has 0 atom stereocenters. The molecule has 0 saturated carbocycles. The maximum absolute atomic E-state index is 13.5. The van der Waals surface area contributed by atoms with E-state index >= 15 is 0 Å². The second-order valence-corrected chi connectivity index (χ2v) is 6.19. The van der Waals surface area contributed by atoms with Crippen LogP contribution in [0.25, 0.3) is 0 Å². The summed E-state index contributed by atoms with van der Waals surface area (Å²) in [5.74, 6) is -0.625. The van der Waals surface area contributed by atoms with Crippen LogP contribution in [-0.2, 0) is 9.59 Å². The molecule has 0 aromatic heterocycles. The minimum atomic E-state index is -0.462. The van der Waals surface area contributed by atoms with Gasteiger partial charge in [0.25, 0.3) is 0 Å². The highest BCUT2D eigenvalue weighted by atomic mass is 32.2. The molecule has 2 aromatic carbocycles. The smallest absolute Gasteiger partial charge is 0.234 e. The number of carbonyl (C=O) groups excluding carboxylic acids is 2. The predicted molar refractivity (Wildman–Crippen MR) is 95.7 cm³/mol. The van der Waals surface area contributed by atoms with E-state index in [4.69, 9.17) is 0 Å². The molecule has 24 heavy (non-hydrogen) atoms. The summed E-state index contributed by atoms with van der Waals surface area (Å²) < 4.78 is 13.5. The van der Waals surface area contributed by atoms with E-state index in [9.17, 15) is 14.0 Å². The van der Waals surface area contributed by atoms with Crippen LogP contribution in [0.2, 0.25) is 0 Å². The molecule has 0 bridgehead atoms. The number of nitrogens with one attached hydrogen (secondary N) is 2. The Morgan fingerprint density at radius 2 is 1.83 bits per heavy atom. The lowest BCUT2D eigenvalue weighted by Crippen LogP contribution is -2.15. The van der Waals surface area contributed by atoms with Crippen molar-refractivity contribution in [3.63, 3.8) is 0 Å². The summed E-state index contributed by atoms with van der Waals surface area (Å²) in [4.78, 5) is 24.4. The minimum Gasteiger partial charge on any atom is -0.326 e. The van der Waals surface area contributed by atoms with E-state index in [1.807, 2.05) is 25.1 Å². The fourth-order valence-electron chi connectivity index (χ4n) is 2.01. The van der Waals surface area contributed by atoms with Crippen molar-refractivity contribution in [1.82, 2.24) is 0 Å². The Kier molecular flexibility index (Phi) is 6.81. The fourth-order valence-corrected chi connectivity index (χ4v) is 2.77. The van der Waals surface area contributed by atoms with E-state index in [1.165, 1.54) is 23.9 Å². The summed E-state index contributed by atoms with van der Waals surface area (Å²) in [5.41, 5.74) is 0.872. The SMILES string of the molecule is CCCC(=O)Nc1cccc(SCC(=O)Nc2ccccc2F)c1. The highest BCUT2D eigenvalue weighted by Gasteiger charge is 2.08. The van der Waals surface area contributed by atoms with Crippen molar-refractivity contribution in [1.29, 1.82) is 0 Å². The number of amides is 2. The van der Waals surface area contributed by atoms with Gasteiger partial charge < -0.3 is 10.6 Å². The molecule has 2 N–H and O–H groups in total. The van der Waals surface area contributed by atoms with Gasteiger partial charge in [-0.05, 0) is 36.8 Å². The van der Waals surface area contributed by atoms with Crippen molar-refractivity contribution >= 4 is 35.0 Å². The normalized spacial score (nSPS) is 10.2. The van der Waals surface area contributed by atoms with Crippen molar-refractivity contribution in [2.24, 2.45) is 0 Å². The van der Waals surface area contributed by atoms with Gasteiger partial charge in [-0.1, -0.05) is 25.1 Å². The summed E-state index contributed by atoms with van der Waals surface area (Å²) in [6, 6.07) is 13.3. The van der Waals surface area contributed by atoms with Crippen LogP contribution < -0.4 is 10.6 Å². The number of halogens is 1. The lowest BCUT2D eigenvalue weighted by molar-refractivity contribution is -0.116. The fraction of sp³-hybridized carbons (Fsp3) is 0.222. The first-order valence-electron chi connectivity index (χ1n) is 7.65. The molecule has 2 rings (SSSR count). The lowest BCUT2D eigenvalue weighted by Gasteiger charge is -2.08. The van der Waals surface area contributed by atoms with E-state index in [-0.39, 0.29) is 23.3 Å². The number of benzene rings is 2. The van der Waals surface area contributed by atoms with Crippen LogP contribution in [-0.4, -0.2) is 17.6 Å². The van der Waals surface area contributed by atoms with Gasteiger partial charge in [-0.3, -0.25) is 9.59 Å². The van der Waals surface area contributed by atoms with Crippen LogP contribution in [0.3, 0.4) is 0 Å². The van der Waals surface area contributed by atoms with Crippen LogP contribution >= 0.6 is 11.8 Å². The van der Waals surface area contributed by atoms with Gasteiger partial charge in [-0.2, -0.15) is 0 Å². The van der Waals surface area contributed by atoms with E-state index < -0.39 is 5.82 Å². The Morgan fingerprint density at radius 3 is 2.58 bits per heavy atom. The maximum Gasteiger partial charge on any atom is 0.234 e. The average molecular weight is 346 g/mol. The minimum absolute atomic E-state index is 0.0306.